The molecule has 0 heterocycles. The van der Waals surface area contributed by atoms with Gasteiger partial charge in [-0.1, -0.05) is 20.8 Å². The first-order valence-electron chi connectivity index (χ1n) is 7.80. The quantitative estimate of drug-likeness (QED) is 0.746. The van der Waals surface area contributed by atoms with E-state index in [1.54, 1.807) is 0 Å². The van der Waals surface area contributed by atoms with E-state index in [2.05, 4.69) is 31.4 Å². The molecule has 5 nitrogen and oxygen atoms in total. The normalized spacial score (nSPS) is 23.5. The molecule has 0 saturated heterocycles. The van der Waals surface area contributed by atoms with E-state index in [1.165, 1.54) is 0 Å². The van der Waals surface area contributed by atoms with Crippen LogP contribution in [0.2, 0.25) is 0 Å². The predicted molar refractivity (Wildman–Crippen MR) is 83.2 cm³/mol. The maximum absolute atomic E-state index is 12.1. The third-order valence-electron chi connectivity index (χ3n) is 3.84. The fraction of sp³-hybridized carbons (Fsp3) is 0.875. The van der Waals surface area contributed by atoms with Gasteiger partial charge in [-0.15, -0.1) is 0 Å². The molecule has 0 aromatic heterocycles. The van der Waals surface area contributed by atoms with Crippen molar-refractivity contribution in [2.24, 2.45) is 11.3 Å². The van der Waals surface area contributed by atoms with Gasteiger partial charge in [-0.3, -0.25) is 4.79 Å². The van der Waals surface area contributed by atoms with Crippen molar-refractivity contribution in [1.29, 1.82) is 0 Å². The smallest absolute Gasteiger partial charge is 0.315 e. The van der Waals surface area contributed by atoms with Gasteiger partial charge in [-0.05, 0) is 51.4 Å². The summed E-state index contributed by atoms with van der Waals surface area (Å²) in [6.07, 6.45) is 3.66. The third-order valence-corrected chi connectivity index (χ3v) is 3.84. The average Bonchev–Trinajstić information content (AvgIpc) is 2.24. The molecular formula is C16H30N2O3. The van der Waals surface area contributed by atoms with Crippen LogP contribution in [0.1, 0.15) is 66.7 Å². The van der Waals surface area contributed by atoms with E-state index in [1.807, 2.05) is 13.8 Å². The van der Waals surface area contributed by atoms with Gasteiger partial charge in [0.2, 0.25) is 0 Å². The van der Waals surface area contributed by atoms with Gasteiger partial charge in [0.25, 0.3) is 0 Å². The summed E-state index contributed by atoms with van der Waals surface area (Å²) in [6.45, 7) is 10.5. The van der Waals surface area contributed by atoms with Crippen molar-refractivity contribution in [3.8, 4) is 0 Å². The number of rotatable bonds is 4. The standard InChI is InChI=1S/C16H30N2O3/c1-15(2,3)10-16(4,5)18-14(21)17-12-8-6-11(7-9-12)13(19)20/h11-12H,6-10H2,1-5H3,(H,19,20)(H2,17,18,21). The lowest BCUT2D eigenvalue weighted by Crippen LogP contribution is -2.52. The van der Waals surface area contributed by atoms with Crippen molar-refractivity contribution in [1.82, 2.24) is 10.6 Å². The molecule has 0 atom stereocenters. The predicted octanol–water partition coefficient (Wildman–Crippen LogP) is 3.14. The van der Waals surface area contributed by atoms with Gasteiger partial charge in [0.1, 0.15) is 0 Å². The summed E-state index contributed by atoms with van der Waals surface area (Å²) < 4.78 is 0. The molecule has 0 bridgehead atoms. The van der Waals surface area contributed by atoms with Crippen LogP contribution in [-0.4, -0.2) is 28.7 Å². The molecule has 1 aliphatic carbocycles. The first-order chi connectivity index (χ1) is 9.48. The molecule has 0 aromatic rings. The lowest BCUT2D eigenvalue weighted by Gasteiger charge is -2.34. The van der Waals surface area contributed by atoms with Gasteiger partial charge in [-0.2, -0.15) is 0 Å². The minimum absolute atomic E-state index is 0.0889. The summed E-state index contributed by atoms with van der Waals surface area (Å²) in [5.74, 6) is -0.965. The molecule has 0 spiro atoms. The second-order valence-electron chi connectivity index (χ2n) is 8.11. The molecule has 1 rings (SSSR count). The van der Waals surface area contributed by atoms with Gasteiger partial charge in [0.05, 0.1) is 5.92 Å². The van der Waals surface area contributed by atoms with Crippen LogP contribution in [-0.2, 0) is 4.79 Å². The van der Waals surface area contributed by atoms with E-state index in [9.17, 15) is 9.59 Å². The van der Waals surface area contributed by atoms with Crippen LogP contribution in [0.15, 0.2) is 0 Å². The summed E-state index contributed by atoms with van der Waals surface area (Å²) in [7, 11) is 0. The molecule has 1 saturated carbocycles. The van der Waals surface area contributed by atoms with Gasteiger partial charge in [-0.25, -0.2) is 4.79 Å². The van der Waals surface area contributed by atoms with Crippen LogP contribution in [0.5, 0.6) is 0 Å². The van der Waals surface area contributed by atoms with Crippen molar-refractivity contribution >= 4 is 12.0 Å². The zero-order chi connectivity index (χ0) is 16.3. The first-order valence-corrected chi connectivity index (χ1v) is 7.80. The highest BCUT2D eigenvalue weighted by Crippen LogP contribution is 2.27. The zero-order valence-corrected chi connectivity index (χ0v) is 14.0. The van der Waals surface area contributed by atoms with Crippen molar-refractivity contribution in [3.63, 3.8) is 0 Å². The Balaban J connectivity index is 2.39. The number of carboxylic acid groups (broad SMARTS) is 1. The molecule has 3 N–H and O–H groups in total. The Kier molecular flexibility index (Phi) is 5.65. The number of urea groups is 1. The Morgan fingerprint density at radius 2 is 1.57 bits per heavy atom. The van der Waals surface area contributed by atoms with Gasteiger partial charge >= 0.3 is 12.0 Å². The lowest BCUT2D eigenvalue weighted by atomic mass is 9.82. The Bertz CT molecular complexity index is 377. The van der Waals surface area contributed by atoms with E-state index in [4.69, 9.17) is 5.11 Å². The van der Waals surface area contributed by atoms with E-state index in [0.717, 1.165) is 19.3 Å². The second-order valence-corrected chi connectivity index (χ2v) is 8.11. The number of carboxylic acids is 1. The Hall–Kier alpha value is -1.26. The van der Waals surface area contributed by atoms with Crippen molar-refractivity contribution in [2.75, 3.05) is 0 Å². The maximum atomic E-state index is 12.1. The fourth-order valence-corrected chi connectivity index (χ4v) is 3.38. The summed E-state index contributed by atoms with van der Waals surface area (Å²) in [5, 5.41) is 15.0. The number of amides is 2. The van der Waals surface area contributed by atoms with Crippen LogP contribution in [0.25, 0.3) is 0 Å². The summed E-state index contributed by atoms with van der Waals surface area (Å²) in [4.78, 5) is 23.0. The zero-order valence-electron chi connectivity index (χ0n) is 14.0. The van der Waals surface area contributed by atoms with E-state index in [-0.39, 0.29) is 28.9 Å². The fourth-order valence-electron chi connectivity index (χ4n) is 3.38. The van der Waals surface area contributed by atoms with Crippen LogP contribution < -0.4 is 10.6 Å². The number of aliphatic carboxylic acids is 1. The monoisotopic (exact) mass is 298 g/mol. The molecule has 122 valence electrons. The third kappa shape index (κ3) is 6.82. The van der Waals surface area contributed by atoms with Gasteiger partial charge in [0, 0.05) is 11.6 Å². The van der Waals surface area contributed by atoms with Crippen LogP contribution in [0, 0.1) is 11.3 Å². The maximum Gasteiger partial charge on any atom is 0.315 e. The van der Waals surface area contributed by atoms with Crippen LogP contribution in [0.3, 0.4) is 0 Å². The van der Waals surface area contributed by atoms with Crippen LogP contribution in [0.4, 0.5) is 4.79 Å². The van der Waals surface area contributed by atoms with E-state index in [0.29, 0.717) is 12.8 Å². The summed E-state index contributed by atoms with van der Waals surface area (Å²) >= 11 is 0. The summed E-state index contributed by atoms with van der Waals surface area (Å²) in [5.41, 5.74) is -0.114. The molecular weight excluding hydrogens is 268 g/mol. The number of hydrogen-bond acceptors (Lipinski definition) is 2. The van der Waals surface area contributed by atoms with Gasteiger partial charge < -0.3 is 15.7 Å². The lowest BCUT2D eigenvalue weighted by molar-refractivity contribution is -0.142. The van der Waals surface area contributed by atoms with Crippen LogP contribution >= 0.6 is 0 Å². The highest BCUT2D eigenvalue weighted by atomic mass is 16.4. The highest BCUT2D eigenvalue weighted by molar-refractivity contribution is 5.75. The first kappa shape index (κ1) is 17.8. The Morgan fingerprint density at radius 3 is 2.00 bits per heavy atom. The van der Waals surface area contributed by atoms with E-state index >= 15 is 0 Å². The van der Waals surface area contributed by atoms with E-state index < -0.39 is 5.97 Å². The number of carbonyl (C=O) groups excluding carboxylic acids is 1. The van der Waals surface area contributed by atoms with Crippen molar-refractivity contribution in [3.05, 3.63) is 0 Å². The number of carbonyl (C=O) groups is 2. The Labute approximate surface area is 127 Å². The summed E-state index contributed by atoms with van der Waals surface area (Å²) in [6, 6.07) is -0.0611. The molecule has 5 heteroatoms. The molecule has 0 aromatic carbocycles. The van der Waals surface area contributed by atoms with Gasteiger partial charge in [0.15, 0.2) is 0 Å². The largest absolute Gasteiger partial charge is 0.481 e. The molecule has 0 aliphatic heterocycles. The molecule has 1 aliphatic rings. The second kappa shape index (κ2) is 6.67. The molecule has 1 fully saturated rings. The SMILES string of the molecule is CC(C)(C)CC(C)(C)NC(=O)NC1CCC(C(=O)O)CC1. The minimum atomic E-state index is -0.718. The Morgan fingerprint density at radius 1 is 1.05 bits per heavy atom. The molecule has 0 radical (unpaired) electrons. The minimum Gasteiger partial charge on any atom is -0.481 e. The highest BCUT2D eigenvalue weighted by Gasteiger charge is 2.30. The molecule has 0 unspecified atom stereocenters. The molecule has 2 amide bonds. The van der Waals surface area contributed by atoms with Crippen molar-refractivity contribution in [2.45, 2.75) is 78.3 Å². The topological polar surface area (TPSA) is 78.4 Å². The van der Waals surface area contributed by atoms with Crippen molar-refractivity contribution < 1.29 is 14.7 Å². The molecule has 21 heavy (non-hydrogen) atoms. The average molecular weight is 298 g/mol. The number of hydrogen-bond donors (Lipinski definition) is 3. The number of nitrogens with one attached hydrogen (secondary N) is 2.